The molecule has 4 atom stereocenters. The van der Waals surface area contributed by atoms with Crippen LogP contribution in [0.5, 0.6) is 0 Å². The Kier molecular flexibility index (Phi) is 3.31. The van der Waals surface area contributed by atoms with Gasteiger partial charge in [0.05, 0.1) is 18.1 Å². The van der Waals surface area contributed by atoms with Crippen LogP contribution in [0.2, 0.25) is 0 Å². The molecule has 2 heterocycles. The minimum absolute atomic E-state index is 0.156. The van der Waals surface area contributed by atoms with E-state index >= 15 is 0 Å². The van der Waals surface area contributed by atoms with Gasteiger partial charge in [0.2, 0.25) is 5.91 Å². The number of carboxylic acids is 1. The third-order valence-electron chi connectivity index (χ3n) is 4.44. The highest BCUT2D eigenvalue weighted by atomic mass is 16.5. The maximum atomic E-state index is 12.3. The summed E-state index contributed by atoms with van der Waals surface area (Å²) in [5.41, 5.74) is 0. The zero-order valence-corrected chi connectivity index (χ0v) is 10.7. The predicted molar refractivity (Wildman–Crippen MR) is 67.4 cm³/mol. The first-order valence-corrected chi connectivity index (χ1v) is 7.04. The quantitative estimate of drug-likeness (QED) is 0.749. The van der Waals surface area contributed by atoms with E-state index in [4.69, 9.17) is 4.74 Å². The topological polar surface area (TPSA) is 75.6 Å². The Morgan fingerprint density at radius 1 is 1.05 bits per heavy atom. The van der Waals surface area contributed by atoms with Crippen LogP contribution in [0.3, 0.4) is 0 Å². The van der Waals surface area contributed by atoms with Crippen molar-refractivity contribution in [3.05, 3.63) is 12.2 Å². The molecule has 1 saturated carbocycles. The Labute approximate surface area is 112 Å². The lowest BCUT2D eigenvalue weighted by atomic mass is 9.82. The van der Waals surface area contributed by atoms with Crippen molar-refractivity contribution >= 4 is 11.9 Å². The van der Waals surface area contributed by atoms with Crippen LogP contribution in [0.15, 0.2) is 12.2 Å². The molecular weight excluding hydrogens is 246 g/mol. The summed E-state index contributed by atoms with van der Waals surface area (Å²) in [5, 5.41) is 12.3. The molecule has 1 aliphatic carbocycles. The van der Waals surface area contributed by atoms with Gasteiger partial charge in [-0.2, -0.15) is 0 Å². The number of rotatable bonds is 3. The highest BCUT2D eigenvalue weighted by Crippen LogP contribution is 2.39. The lowest BCUT2D eigenvalue weighted by Gasteiger charge is -2.27. The summed E-state index contributed by atoms with van der Waals surface area (Å²) in [4.78, 5) is 23.6. The molecule has 5 nitrogen and oxygen atoms in total. The standard InChI is InChI=1S/C14H19NO4/c16-13(15-8-4-2-1-3-5-8)11-9-6-7-10(19-9)12(11)14(17)18/h6-12H,1-5H2,(H,15,16)(H,17,18)/t9-,10-,11-,12+/m1/s1. The number of hydrogen-bond acceptors (Lipinski definition) is 3. The maximum absolute atomic E-state index is 12.3. The van der Waals surface area contributed by atoms with Gasteiger partial charge in [-0.15, -0.1) is 0 Å². The van der Waals surface area contributed by atoms with Gasteiger partial charge in [0.1, 0.15) is 5.92 Å². The fourth-order valence-electron chi connectivity index (χ4n) is 3.46. The fraction of sp³-hybridized carbons (Fsp3) is 0.714. The first-order valence-electron chi connectivity index (χ1n) is 7.04. The number of amides is 1. The van der Waals surface area contributed by atoms with Crippen molar-refractivity contribution in [3.63, 3.8) is 0 Å². The number of nitrogens with one attached hydrogen (secondary N) is 1. The molecule has 0 aromatic carbocycles. The summed E-state index contributed by atoms with van der Waals surface area (Å²) >= 11 is 0. The second-order valence-electron chi connectivity index (χ2n) is 5.68. The highest BCUT2D eigenvalue weighted by Gasteiger charge is 2.53. The zero-order chi connectivity index (χ0) is 13.4. The van der Waals surface area contributed by atoms with Gasteiger partial charge in [-0.25, -0.2) is 0 Å². The van der Waals surface area contributed by atoms with E-state index in [0.29, 0.717) is 0 Å². The van der Waals surface area contributed by atoms with E-state index in [9.17, 15) is 14.7 Å². The average Bonchev–Trinajstić information content (AvgIpc) is 2.99. The second-order valence-corrected chi connectivity index (χ2v) is 5.68. The lowest BCUT2D eigenvalue weighted by Crippen LogP contribution is -2.46. The van der Waals surface area contributed by atoms with E-state index in [1.54, 1.807) is 6.08 Å². The number of hydrogen-bond donors (Lipinski definition) is 2. The minimum atomic E-state index is -0.944. The fourth-order valence-corrected chi connectivity index (χ4v) is 3.46. The lowest BCUT2D eigenvalue weighted by molar-refractivity contribution is -0.146. The Balaban J connectivity index is 1.68. The Morgan fingerprint density at radius 3 is 2.32 bits per heavy atom. The van der Waals surface area contributed by atoms with Crippen LogP contribution in [-0.2, 0) is 14.3 Å². The predicted octanol–water partition coefficient (Wildman–Crippen LogP) is 1.09. The number of ether oxygens (including phenoxy) is 1. The number of fused-ring (bicyclic) bond motifs is 2. The number of carbonyl (C=O) groups is 2. The van der Waals surface area contributed by atoms with Gasteiger partial charge in [0.25, 0.3) is 0 Å². The summed E-state index contributed by atoms with van der Waals surface area (Å²) < 4.78 is 5.52. The van der Waals surface area contributed by atoms with Crippen LogP contribution in [0.25, 0.3) is 0 Å². The van der Waals surface area contributed by atoms with Crippen molar-refractivity contribution in [1.82, 2.24) is 5.32 Å². The molecule has 3 rings (SSSR count). The average molecular weight is 265 g/mol. The highest BCUT2D eigenvalue weighted by molar-refractivity contribution is 5.87. The smallest absolute Gasteiger partial charge is 0.310 e. The van der Waals surface area contributed by atoms with E-state index in [0.717, 1.165) is 25.7 Å². The Hall–Kier alpha value is -1.36. The minimum Gasteiger partial charge on any atom is -0.481 e. The molecule has 1 amide bonds. The third kappa shape index (κ3) is 2.27. The van der Waals surface area contributed by atoms with E-state index in [2.05, 4.69) is 5.32 Å². The molecule has 1 saturated heterocycles. The van der Waals surface area contributed by atoms with Gasteiger partial charge in [-0.05, 0) is 12.8 Å². The molecule has 104 valence electrons. The van der Waals surface area contributed by atoms with Gasteiger partial charge in [0, 0.05) is 6.04 Å². The van der Waals surface area contributed by atoms with Crippen LogP contribution >= 0.6 is 0 Å². The zero-order valence-electron chi connectivity index (χ0n) is 10.7. The van der Waals surface area contributed by atoms with Crippen LogP contribution in [0.1, 0.15) is 32.1 Å². The van der Waals surface area contributed by atoms with Gasteiger partial charge >= 0.3 is 5.97 Å². The number of aliphatic carboxylic acids is 1. The molecule has 2 aliphatic heterocycles. The summed E-state index contributed by atoms with van der Waals surface area (Å²) in [6.45, 7) is 0. The van der Waals surface area contributed by atoms with E-state index in [1.165, 1.54) is 6.42 Å². The molecule has 3 aliphatic rings. The van der Waals surface area contributed by atoms with Crippen molar-refractivity contribution in [2.24, 2.45) is 11.8 Å². The maximum Gasteiger partial charge on any atom is 0.310 e. The van der Waals surface area contributed by atoms with Gasteiger partial charge in [-0.3, -0.25) is 9.59 Å². The first-order chi connectivity index (χ1) is 9.16. The number of carbonyl (C=O) groups excluding carboxylic acids is 1. The molecule has 2 fully saturated rings. The molecule has 19 heavy (non-hydrogen) atoms. The number of carboxylic acid groups (broad SMARTS) is 1. The van der Waals surface area contributed by atoms with E-state index in [1.807, 2.05) is 6.08 Å². The molecule has 2 bridgehead atoms. The SMILES string of the molecule is O=C(O)[C@@H]1[C@H](C(=O)NC2CCCCC2)[C@H]2C=C[C@H]1O2. The van der Waals surface area contributed by atoms with Crippen LogP contribution in [0.4, 0.5) is 0 Å². The summed E-state index contributed by atoms with van der Waals surface area (Å²) in [5.74, 6) is -2.41. The monoisotopic (exact) mass is 265 g/mol. The van der Waals surface area contributed by atoms with Gasteiger partial charge < -0.3 is 15.2 Å². The normalized spacial score (nSPS) is 37.5. The molecule has 0 aromatic heterocycles. The van der Waals surface area contributed by atoms with Crippen molar-refractivity contribution in [1.29, 1.82) is 0 Å². The van der Waals surface area contributed by atoms with E-state index in [-0.39, 0.29) is 18.1 Å². The molecule has 0 radical (unpaired) electrons. The Bertz CT molecular complexity index is 414. The molecule has 0 spiro atoms. The van der Waals surface area contributed by atoms with Crippen molar-refractivity contribution < 1.29 is 19.4 Å². The van der Waals surface area contributed by atoms with E-state index < -0.39 is 23.9 Å². The second kappa shape index (κ2) is 4.96. The summed E-state index contributed by atoms with van der Waals surface area (Å²) in [6.07, 6.45) is 8.27. The summed E-state index contributed by atoms with van der Waals surface area (Å²) in [6, 6.07) is 0.207. The molecular formula is C14H19NO4. The van der Waals surface area contributed by atoms with Crippen molar-refractivity contribution in [2.45, 2.75) is 50.4 Å². The van der Waals surface area contributed by atoms with Crippen molar-refractivity contribution in [3.8, 4) is 0 Å². The molecule has 0 aromatic rings. The summed E-state index contributed by atoms with van der Waals surface area (Å²) in [7, 11) is 0. The largest absolute Gasteiger partial charge is 0.481 e. The molecule has 5 heteroatoms. The first kappa shape index (κ1) is 12.7. The van der Waals surface area contributed by atoms with Crippen LogP contribution < -0.4 is 5.32 Å². The van der Waals surface area contributed by atoms with Gasteiger partial charge in [-0.1, -0.05) is 31.4 Å². The van der Waals surface area contributed by atoms with Gasteiger partial charge in [0.15, 0.2) is 0 Å². The van der Waals surface area contributed by atoms with Crippen LogP contribution in [0, 0.1) is 11.8 Å². The molecule has 2 N–H and O–H groups in total. The van der Waals surface area contributed by atoms with Crippen LogP contribution in [-0.4, -0.2) is 35.2 Å². The molecule has 0 unspecified atom stereocenters. The Morgan fingerprint density at radius 2 is 1.68 bits per heavy atom. The third-order valence-corrected chi connectivity index (χ3v) is 4.44. The van der Waals surface area contributed by atoms with Crippen molar-refractivity contribution in [2.75, 3.05) is 0 Å².